The number of rotatable bonds is 6. The second-order valence-electron chi connectivity index (χ2n) is 6.31. The number of thioether (sulfide) groups is 1. The molecule has 0 bridgehead atoms. The summed E-state index contributed by atoms with van der Waals surface area (Å²) in [5.41, 5.74) is 1.69. The van der Waals surface area contributed by atoms with Gasteiger partial charge in [-0.25, -0.2) is 4.98 Å². The van der Waals surface area contributed by atoms with Crippen LogP contribution in [0.15, 0.2) is 58.5 Å². The van der Waals surface area contributed by atoms with Gasteiger partial charge in [-0.3, -0.25) is 14.2 Å². The summed E-state index contributed by atoms with van der Waals surface area (Å²) in [6.07, 6.45) is 0.791. The molecule has 1 heterocycles. The van der Waals surface area contributed by atoms with Gasteiger partial charge in [0, 0.05) is 12.2 Å². The number of para-hydroxylation sites is 1. The van der Waals surface area contributed by atoms with Crippen LogP contribution < -0.4 is 10.9 Å². The Labute approximate surface area is 167 Å². The van der Waals surface area contributed by atoms with E-state index < -0.39 is 5.25 Å². The lowest BCUT2D eigenvalue weighted by molar-refractivity contribution is -0.115. The molecule has 1 amide bonds. The zero-order chi connectivity index (χ0) is 20.1. The standard InChI is InChI=1S/C21H20N4O2S/c1-3-12-25-20(27)17-6-4-5-7-18(17)24-21(25)28-14(2)19(26)23-16-10-8-15(13-22)9-11-16/h4-11,14H,3,12H2,1-2H3,(H,23,26)/t14-/m0/s1. The lowest BCUT2D eigenvalue weighted by atomic mass is 10.2. The van der Waals surface area contributed by atoms with E-state index >= 15 is 0 Å². The Morgan fingerprint density at radius 1 is 1.25 bits per heavy atom. The molecular weight excluding hydrogens is 372 g/mol. The maximum absolute atomic E-state index is 12.8. The summed E-state index contributed by atoms with van der Waals surface area (Å²) in [7, 11) is 0. The average molecular weight is 392 g/mol. The molecule has 0 saturated carbocycles. The number of fused-ring (bicyclic) bond motifs is 1. The van der Waals surface area contributed by atoms with E-state index in [-0.39, 0.29) is 11.5 Å². The molecule has 3 aromatic rings. The number of carbonyl (C=O) groups excluding carboxylic acids is 1. The molecule has 7 heteroatoms. The first-order valence-corrected chi connectivity index (χ1v) is 9.88. The number of aromatic nitrogens is 2. The van der Waals surface area contributed by atoms with Gasteiger partial charge in [0.15, 0.2) is 5.16 Å². The fourth-order valence-corrected chi connectivity index (χ4v) is 3.68. The van der Waals surface area contributed by atoms with Crippen LogP contribution in [-0.4, -0.2) is 20.7 Å². The third-order valence-electron chi connectivity index (χ3n) is 4.21. The van der Waals surface area contributed by atoms with Gasteiger partial charge in [-0.05, 0) is 49.7 Å². The molecule has 1 atom stereocenters. The van der Waals surface area contributed by atoms with Crippen LogP contribution in [0.4, 0.5) is 5.69 Å². The zero-order valence-electron chi connectivity index (χ0n) is 15.7. The van der Waals surface area contributed by atoms with Crippen molar-refractivity contribution in [3.05, 3.63) is 64.4 Å². The first kappa shape index (κ1) is 19.6. The van der Waals surface area contributed by atoms with Crippen LogP contribution in [0.3, 0.4) is 0 Å². The molecule has 1 N–H and O–H groups in total. The normalized spacial score (nSPS) is 11.8. The SMILES string of the molecule is CCCn1c(S[C@@H](C)C(=O)Nc2ccc(C#N)cc2)nc2ccccc2c1=O. The lowest BCUT2D eigenvalue weighted by Crippen LogP contribution is -2.27. The van der Waals surface area contributed by atoms with Crippen LogP contribution in [0, 0.1) is 11.3 Å². The Morgan fingerprint density at radius 2 is 1.96 bits per heavy atom. The molecule has 0 aliphatic carbocycles. The molecule has 0 unspecified atom stereocenters. The van der Waals surface area contributed by atoms with Crippen LogP contribution in [0.1, 0.15) is 25.8 Å². The number of hydrogen-bond acceptors (Lipinski definition) is 5. The van der Waals surface area contributed by atoms with E-state index in [0.29, 0.717) is 33.9 Å². The van der Waals surface area contributed by atoms with E-state index in [1.165, 1.54) is 11.8 Å². The van der Waals surface area contributed by atoms with Crippen molar-refractivity contribution in [2.24, 2.45) is 0 Å². The third kappa shape index (κ3) is 4.24. The van der Waals surface area contributed by atoms with Gasteiger partial charge in [-0.2, -0.15) is 5.26 Å². The lowest BCUT2D eigenvalue weighted by Gasteiger charge is -2.16. The summed E-state index contributed by atoms with van der Waals surface area (Å²) in [6.45, 7) is 4.32. The smallest absolute Gasteiger partial charge is 0.262 e. The van der Waals surface area contributed by atoms with Crippen molar-refractivity contribution in [2.75, 3.05) is 5.32 Å². The summed E-state index contributed by atoms with van der Waals surface area (Å²) in [5.74, 6) is -0.194. The number of nitrogens with one attached hydrogen (secondary N) is 1. The van der Waals surface area contributed by atoms with Gasteiger partial charge < -0.3 is 5.32 Å². The molecule has 28 heavy (non-hydrogen) atoms. The summed E-state index contributed by atoms with van der Waals surface area (Å²) >= 11 is 1.26. The predicted octanol–water partition coefficient (Wildman–Crippen LogP) is 3.80. The average Bonchev–Trinajstić information content (AvgIpc) is 2.71. The number of nitriles is 1. The van der Waals surface area contributed by atoms with Crippen LogP contribution in [0.2, 0.25) is 0 Å². The highest BCUT2D eigenvalue weighted by molar-refractivity contribution is 8.00. The molecule has 6 nitrogen and oxygen atoms in total. The van der Waals surface area contributed by atoms with Gasteiger partial charge >= 0.3 is 0 Å². The van der Waals surface area contributed by atoms with Gasteiger partial charge in [0.25, 0.3) is 5.56 Å². The Morgan fingerprint density at radius 3 is 2.64 bits per heavy atom. The monoisotopic (exact) mass is 392 g/mol. The maximum atomic E-state index is 12.8. The van der Waals surface area contributed by atoms with E-state index in [1.807, 2.05) is 25.1 Å². The second kappa shape index (κ2) is 8.72. The minimum atomic E-state index is -0.452. The van der Waals surface area contributed by atoms with Gasteiger partial charge in [0.1, 0.15) is 0 Å². The third-order valence-corrected chi connectivity index (χ3v) is 5.30. The highest BCUT2D eigenvalue weighted by Crippen LogP contribution is 2.24. The number of amides is 1. The van der Waals surface area contributed by atoms with Crippen molar-refractivity contribution in [3.8, 4) is 6.07 Å². The van der Waals surface area contributed by atoms with Crippen molar-refractivity contribution in [1.82, 2.24) is 9.55 Å². The van der Waals surface area contributed by atoms with E-state index in [9.17, 15) is 9.59 Å². The molecule has 1 aromatic heterocycles. The topological polar surface area (TPSA) is 87.8 Å². The molecule has 0 radical (unpaired) electrons. The molecule has 0 spiro atoms. The second-order valence-corrected chi connectivity index (χ2v) is 7.61. The number of anilines is 1. The van der Waals surface area contributed by atoms with Crippen LogP contribution in [0.25, 0.3) is 10.9 Å². The number of hydrogen-bond donors (Lipinski definition) is 1. The van der Waals surface area contributed by atoms with Gasteiger partial charge in [-0.15, -0.1) is 0 Å². The number of benzene rings is 2. The summed E-state index contributed by atoms with van der Waals surface area (Å²) in [5, 5.41) is 12.3. The highest BCUT2D eigenvalue weighted by Gasteiger charge is 2.19. The Balaban J connectivity index is 1.84. The van der Waals surface area contributed by atoms with E-state index in [1.54, 1.807) is 47.9 Å². The molecule has 0 aliphatic rings. The number of carbonyl (C=O) groups is 1. The Hall–Kier alpha value is -3.11. The number of nitrogens with zero attached hydrogens (tertiary/aromatic N) is 3. The summed E-state index contributed by atoms with van der Waals surface area (Å²) in [6, 6.07) is 16.0. The van der Waals surface area contributed by atoms with Crippen molar-refractivity contribution in [3.63, 3.8) is 0 Å². The molecule has 142 valence electrons. The van der Waals surface area contributed by atoms with Crippen LogP contribution >= 0.6 is 11.8 Å². The van der Waals surface area contributed by atoms with Crippen LogP contribution in [0.5, 0.6) is 0 Å². The molecule has 0 aliphatic heterocycles. The summed E-state index contributed by atoms with van der Waals surface area (Å²) in [4.78, 5) is 30.0. The minimum Gasteiger partial charge on any atom is -0.325 e. The van der Waals surface area contributed by atoms with Crippen molar-refractivity contribution in [2.45, 2.75) is 37.2 Å². The predicted molar refractivity (Wildman–Crippen MR) is 111 cm³/mol. The molecule has 0 saturated heterocycles. The van der Waals surface area contributed by atoms with Crippen molar-refractivity contribution >= 4 is 34.3 Å². The fraction of sp³-hybridized carbons (Fsp3) is 0.238. The summed E-state index contributed by atoms with van der Waals surface area (Å²) < 4.78 is 1.64. The molecule has 3 rings (SSSR count). The quantitative estimate of drug-likeness (QED) is 0.509. The molecular formula is C21H20N4O2S. The Bertz CT molecular complexity index is 1100. The van der Waals surface area contributed by atoms with E-state index in [0.717, 1.165) is 6.42 Å². The van der Waals surface area contributed by atoms with E-state index in [4.69, 9.17) is 5.26 Å². The van der Waals surface area contributed by atoms with E-state index in [2.05, 4.69) is 10.3 Å². The van der Waals surface area contributed by atoms with Crippen LogP contribution in [-0.2, 0) is 11.3 Å². The zero-order valence-corrected chi connectivity index (χ0v) is 16.5. The Kier molecular flexibility index (Phi) is 6.12. The molecule has 2 aromatic carbocycles. The fourth-order valence-electron chi connectivity index (χ4n) is 2.74. The maximum Gasteiger partial charge on any atom is 0.262 e. The van der Waals surface area contributed by atoms with Gasteiger partial charge in [0.2, 0.25) is 5.91 Å². The first-order valence-electron chi connectivity index (χ1n) is 9.00. The van der Waals surface area contributed by atoms with Gasteiger partial charge in [-0.1, -0.05) is 30.8 Å². The largest absolute Gasteiger partial charge is 0.325 e. The van der Waals surface area contributed by atoms with Crippen molar-refractivity contribution < 1.29 is 4.79 Å². The van der Waals surface area contributed by atoms with Crippen molar-refractivity contribution in [1.29, 1.82) is 5.26 Å². The highest BCUT2D eigenvalue weighted by atomic mass is 32.2. The minimum absolute atomic E-state index is 0.0883. The molecule has 0 fully saturated rings. The first-order chi connectivity index (χ1) is 13.5. The van der Waals surface area contributed by atoms with Gasteiger partial charge in [0.05, 0.1) is 27.8 Å².